The molecule has 0 aliphatic carbocycles. The van der Waals surface area contributed by atoms with Crippen molar-refractivity contribution in [2.24, 2.45) is 0 Å². The first kappa shape index (κ1) is 18.3. The highest BCUT2D eigenvalue weighted by molar-refractivity contribution is 6.71. The van der Waals surface area contributed by atoms with Crippen molar-refractivity contribution in [3.63, 3.8) is 0 Å². The molecule has 2 aromatic carbocycles. The second kappa shape index (κ2) is 7.66. The number of carboxylic acid groups (broad SMARTS) is 1. The van der Waals surface area contributed by atoms with E-state index in [0.29, 0.717) is 5.56 Å². The van der Waals surface area contributed by atoms with Crippen molar-refractivity contribution in [2.75, 3.05) is 0 Å². The highest BCUT2D eigenvalue weighted by atomic mass is 35.5. The van der Waals surface area contributed by atoms with Crippen molar-refractivity contribution in [2.45, 2.75) is 6.61 Å². The van der Waals surface area contributed by atoms with Gasteiger partial charge in [-0.1, -0.05) is 23.7 Å². The molecule has 0 radical (unpaired) electrons. The summed E-state index contributed by atoms with van der Waals surface area (Å²) in [6.07, 6.45) is 0. The second-order valence-corrected chi connectivity index (χ2v) is 5.74. The van der Waals surface area contributed by atoms with Crippen LogP contribution in [0, 0.1) is 0 Å². The number of hydrogen-bond acceptors (Lipinski definition) is 4. The van der Waals surface area contributed by atoms with Crippen molar-refractivity contribution in [3.05, 3.63) is 63.7 Å². The van der Waals surface area contributed by atoms with Crippen molar-refractivity contribution in [3.8, 4) is 5.75 Å². The maximum atomic E-state index is 11.4. The molecule has 0 unspecified atom stereocenters. The molecule has 124 valence electrons. The van der Waals surface area contributed by atoms with Crippen LogP contribution in [0.1, 0.15) is 36.6 Å². The molecule has 0 aliphatic rings. The topological polar surface area (TPSA) is 80.7 Å². The van der Waals surface area contributed by atoms with E-state index in [1.165, 1.54) is 24.3 Å². The van der Waals surface area contributed by atoms with E-state index in [1.807, 2.05) is 0 Å². The molecule has 0 aromatic heterocycles. The summed E-state index contributed by atoms with van der Waals surface area (Å²) >= 11 is 16.8. The molecule has 2 rings (SSSR count). The zero-order chi connectivity index (χ0) is 17.9. The van der Waals surface area contributed by atoms with Crippen LogP contribution in [0.5, 0.6) is 5.75 Å². The van der Waals surface area contributed by atoms with E-state index in [9.17, 15) is 14.4 Å². The minimum absolute atomic E-state index is 0.00852. The number of benzene rings is 2. The first-order chi connectivity index (χ1) is 11.3. The van der Waals surface area contributed by atoms with Gasteiger partial charge >= 0.3 is 5.97 Å². The average molecular weight is 388 g/mol. The SMILES string of the molecule is O=C(O)c1cccc(COc2cc(C(=O)Cl)c(Cl)c(C(=O)Cl)c2)c1. The van der Waals surface area contributed by atoms with E-state index >= 15 is 0 Å². The normalized spacial score (nSPS) is 10.3. The molecule has 0 heterocycles. The van der Waals surface area contributed by atoms with Crippen LogP contribution in [0.4, 0.5) is 0 Å². The van der Waals surface area contributed by atoms with Gasteiger partial charge in [0.15, 0.2) is 0 Å². The number of aromatic carboxylic acids is 1. The Balaban J connectivity index is 2.30. The zero-order valence-electron chi connectivity index (χ0n) is 11.9. The lowest BCUT2D eigenvalue weighted by Gasteiger charge is -2.11. The third kappa shape index (κ3) is 4.26. The Morgan fingerprint density at radius 1 is 1.00 bits per heavy atom. The molecule has 0 fully saturated rings. The number of carboxylic acids is 1. The summed E-state index contributed by atoms with van der Waals surface area (Å²) in [5, 5.41) is 7.08. The molecular weight excluding hydrogens is 379 g/mol. The van der Waals surface area contributed by atoms with Crippen LogP contribution in [0.2, 0.25) is 5.02 Å². The lowest BCUT2D eigenvalue weighted by atomic mass is 10.1. The smallest absolute Gasteiger partial charge is 0.335 e. The summed E-state index contributed by atoms with van der Waals surface area (Å²) in [5.41, 5.74) is 0.473. The predicted molar refractivity (Wildman–Crippen MR) is 89.6 cm³/mol. The van der Waals surface area contributed by atoms with Gasteiger partial charge in [0.25, 0.3) is 10.5 Å². The summed E-state index contributed by atoms with van der Waals surface area (Å²) in [6, 6.07) is 8.70. The van der Waals surface area contributed by atoms with Gasteiger partial charge < -0.3 is 9.84 Å². The number of carbonyl (C=O) groups excluding carboxylic acids is 2. The highest BCUT2D eigenvalue weighted by Crippen LogP contribution is 2.30. The maximum absolute atomic E-state index is 11.4. The standard InChI is InChI=1S/C16H9Cl3O5/c17-13-11(14(18)20)5-10(6-12(13)15(19)21)24-7-8-2-1-3-9(4-8)16(22)23/h1-6H,7H2,(H,22,23). The minimum atomic E-state index is -1.06. The highest BCUT2D eigenvalue weighted by Gasteiger charge is 2.18. The molecule has 0 atom stereocenters. The summed E-state index contributed by atoms with van der Waals surface area (Å²) < 4.78 is 5.49. The summed E-state index contributed by atoms with van der Waals surface area (Å²) in [7, 11) is 0. The number of hydrogen-bond donors (Lipinski definition) is 1. The fourth-order valence-electron chi connectivity index (χ4n) is 1.93. The molecule has 0 amide bonds. The monoisotopic (exact) mass is 386 g/mol. The Hall–Kier alpha value is -2.08. The second-order valence-electron chi connectivity index (χ2n) is 4.67. The Morgan fingerprint density at radius 3 is 2.08 bits per heavy atom. The largest absolute Gasteiger partial charge is 0.489 e. The molecule has 0 bridgehead atoms. The van der Waals surface area contributed by atoms with Crippen LogP contribution in [0.15, 0.2) is 36.4 Å². The molecule has 24 heavy (non-hydrogen) atoms. The number of carbonyl (C=O) groups is 3. The summed E-state index contributed by atoms with van der Waals surface area (Å²) in [6.45, 7) is 0.00852. The van der Waals surface area contributed by atoms with Crippen molar-refractivity contribution < 1.29 is 24.2 Å². The van der Waals surface area contributed by atoms with Crippen LogP contribution < -0.4 is 4.74 Å². The van der Waals surface area contributed by atoms with E-state index in [0.717, 1.165) is 0 Å². The van der Waals surface area contributed by atoms with Gasteiger partial charge in [-0.25, -0.2) is 4.79 Å². The van der Waals surface area contributed by atoms with Crippen molar-refractivity contribution >= 4 is 51.3 Å². The molecule has 1 N–H and O–H groups in total. The van der Waals surface area contributed by atoms with E-state index < -0.39 is 16.5 Å². The number of ether oxygens (including phenoxy) is 1. The van der Waals surface area contributed by atoms with Gasteiger partial charge in [0, 0.05) is 0 Å². The van der Waals surface area contributed by atoms with Gasteiger partial charge in [-0.2, -0.15) is 0 Å². The number of rotatable bonds is 6. The quantitative estimate of drug-likeness (QED) is 0.744. The Kier molecular flexibility index (Phi) is 5.83. The fourth-order valence-corrected chi connectivity index (χ4v) is 2.60. The Labute approximate surface area is 151 Å². The first-order valence-electron chi connectivity index (χ1n) is 6.48. The molecule has 8 heteroatoms. The Morgan fingerprint density at radius 2 is 1.58 bits per heavy atom. The van der Waals surface area contributed by atoms with Crippen LogP contribution in [0.25, 0.3) is 0 Å². The van der Waals surface area contributed by atoms with Crippen molar-refractivity contribution in [1.82, 2.24) is 0 Å². The predicted octanol–water partition coefficient (Wildman–Crippen LogP) is 4.38. The van der Waals surface area contributed by atoms with Crippen LogP contribution in [0.3, 0.4) is 0 Å². The lowest BCUT2D eigenvalue weighted by Crippen LogP contribution is -2.03. The van der Waals surface area contributed by atoms with Gasteiger partial charge in [0.05, 0.1) is 21.7 Å². The van der Waals surface area contributed by atoms with Crippen LogP contribution >= 0.6 is 34.8 Å². The zero-order valence-corrected chi connectivity index (χ0v) is 14.2. The average Bonchev–Trinajstić information content (AvgIpc) is 2.53. The van der Waals surface area contributed by atoms with Crippen LogP contribution in [-0.2, 0) is 6.61 Å². The van der Waals surface area contributed by atoms with Gasteiger partial charge in [-0.05, 0) is 53.0 Å². The van der Waals surface area contributed by atoms with Crippen molar-refractivity contribution in [1.29, 1.82) is 0 Å². The van der Waals surface area contributed by atoms with E-state index in [2.05, 4.69) is 0 Å². The van der Waals surface area contributed by atoms with Gasteiger partial charge in [0.2, 0.25) is 0 Å². The molecule has 0 aliphatic heterocycles. The Bertz CT molecular complexity index is 797. The lowest BCUT2D eigenvalue weighted by molar-refractivity contribution is 0.0696. The molecule has 0 saturated heterocycles. The van der Waals surface area contributed by atoms with E-state index in [4.69, 9.17) is 44.6 Å². The molecular formula is C16H9Cl3O5. The summed E-state index contributed by atoms with van der Waals surface area (Å²) in [4.78, 5) is 33.7. The first-order valence-corrected chi connectivity index (χ1v) is 7.61. The minimum Gasteiger partial charge on any atom is -0.489 e. The summed E-state index contributed by atoms with van der Waals surface area (Å²) in [5.74, 6) is -0.915. The van der Waals surface area contributed by atoms with E-state index in [-0.39, 0.29) is 34.1 Å². The fraction of sp³-hybridized carbons (Fsp3) is 0.0625. The molecule has 5 nitrogen and oxygen atoms in total. The van der Waals surface area contributed by atoms with Gasteiger partial charge in [0.1, 0.15) is 12.4 Å². The molecule has 0 spiro atoms. The van der Waals surface area contributed by atoms with Crippen LogP contribution in [-0.4, -0.2) is 21.6 Å². The maximum Gasteiger partial charge on any atom is 0.335 e. The van der Waals surface area contributed by atoms with E-state index in [1.54, 1.807) is 12.1 Å². The molecule has 0 saturated carbocycles. The third-order valence-electron chi connectivity index (χ3n) is 3.05. The van der Waals surface area contributed by atoms with Gasteiger partial charge in [-0.15, -0.1) is 0 Å². The third-order valence-corrected chi connectivity index (χ3v) is 3.86. The van der Waals surface area contributed by atoms with Gasteiger partial charge in [-0.3, -0.25) is 9.59 Å². The number of halogens is 3. The molecule has 2 aromatic rings.